The molecule has 1 aliphatic carbocycles. The van der Waals surface area contributed by atoms with E-state index in [1.54, 1.807) is 13.0 Å². The van der Waals surface area contributed by atoms with E-state index in [4.69, 9.17) is 5.41 Å². The summed E-state index contributed by atoms with van der Waals surface area (Å²) in [6.07, 6.45) is 6.78. The monoisotopic (exact) mass is 274 g/mol. The Balaban J connectivity index is 2.34. The summed E-state index contributed by atoms with van der Waals surface area (Å²) in [5.41, 5.74) is 2.19. The predicted octanol–water partition coefficient (Wildman–Crippen LogP) is 2.40. The number of fused-ring (bicyclic) bond motifs is 1. The molecule has 0 spiro atoms. The highest BCUT2D eigenvalue weighted by molar-refractivity contribution is 6.05. The summed E-state index contributed by atoms with van der Waals surface area (Å²) in [7, 11) is 0. The number of hydrogen-bond donors (Lipinski definition) is 2. The molecule has 108 valence electrons. The second kappa shape index (κ2) is 6.16. The van der Waals surface area contributed by atoms with E-state index < -0.39 is 0 Å². The molecule has 0 aromatic heterocycles. The largest absolute Gasteiger partial charge is 0.351 e. The van der Waals surface area contributed by atoms with Crippen LogP contribution >= 0.6 is 0 Å². The first-order valence-electron chi connectivity index (χ1n) is 7.31. The van der Waals surface area contributed by atoms with Gasteiger partial charge in [0.15, 0.2) is 0 Å². The molecule has 4 nitrogen and oxygen atoms in total. The molecule has 2 aliphatic rings. The van der Waals surface area contributed by atoms with Crippen molar-refractivity contribution >= 4 is 17.4 Å². The minimum atomic E-state index is -0.129. The van der Waals surface area contributed by atoms with Crippen molar-refractivity contribution in [3.05, 3.63) is 23.3 Å². The Bertz CT molecular complexity index is 503. The fourth-order valence-electron chi connectivity index (χ4n) is 3.11. The SMILES string of the molecule is CCCC(C(C)=O)C1CNC(=O)C2=CC(=N)CCC1=C2. The Morgan fingerprint density at radius 2 is 2.20 bits per heavy atom. The van der Waals surface area contributed by atoms with E-state index in [1.807, 2.05) is 6.08 Å². The maximum absolute atomic E-state index is 12.0. The number of nitrogens with one attached hydrogen (secondary N) is 2. The Morgan fingerprint density at radius 1 is 1.45 bits per heavy atom. The molecular formula is C16H22N2O2. The smallest absolute Gasteiger partial charge is 0.251 e. The van der Waals surface area contributed by atoms with Gasteiger partial charge in [-0.3, -0.25) is 9.59 Å². The number of hydrogen-bond acceptors (Lipinski definition) is 3. The lowest BCUT2D eigenvalue weighted by molar-refractivity contribution is -0.123. The van der Waals surface area contributed by atoms with Crippen molar-refractivity contribution in [2.75, 3.05) is 6.54 Å². The molecule has 2 rings (SSSR count). The number of carbonyl (C=O) groups excluding carboxylic acids is 2. The van der Waals surface area contributed by atoms with Crippen LogP contribution in [-0.4, -0.2) is 23.9 Å². The maximum atomic E-state index is 12.0. The van der Waals surface area contributed by atoms with Crippen LogP contribution in [0.2, 0.25) is 0 Å². The number of carbonyl (C=O) groups is 2. The van der Waals surface area contributed by atoms with Gasteiger partial charge in [-0.25, -0.2) is 0 Å². The number of Topliss-reactive ketones (excluding diaryl/α,β-unsaturated/α-hetero) is 1. The van der Waals surface area contributed by atoms with Crippen LogP contribution in [0.5, 0.6) is 0 Å². The van der Waals surface area contributed by atoms with Gasteiger partial charge in [-0.15, -0.1) is 0 Å². The van der Waals surface area contributed by atoms with Crippen LogP contribution in [0, 0.1) is 17.2 Å². The summed E-state index contributed by atoms with van der Waals surface area (Å²) >= 11 is 0. The van der Waals surface area contributed by atoms with Gasteiger partial charge < -0.3 is 10.7 Å². The van der Waals surface area contributed by atoms with Gasteiger partial charge in [0, 0.05) is 29.7 Å². The average molecular weight is 274 g/mol. The lowest BCUT2D eigenvalue weighted by Crippen LogP contribution is -2.34. The van der Waals surface area contributed by atoms with E-state index >= 15 is 0 Å². The summed E-state index contributed by atoms with van der Waals surface area (Å²) in [5.74, 6) is 0.112. The zero-order chi connectivity index (χ0) is 14.7. The zero-order valence-corrected chi connectivity index (χ0v) is 12.2. The van der Waals surface area contributed by atoms with Crippen molar-refractivity contribution in [1.82, 2.24) is 5.32 Å². The van der Waals surface area contributed by atoms with E-state index in [-0.39, 0.29) is 23.5 Å². The summed E-state index contributed by atoms with van der Waals surface area (Å²) in [5, 5.41) is 10.7. The zero-order valence-electron chi connectivity index (χ0n) is 12.2. The van der Waals surface area contributed by atoms with Crippen LogP contribution in [0.3, 0.4) is 0 Å². The molecule has 4 heteroatoms. The van der Waals surface area contributed by atoms with Gasteiger partial charge in [-0.05, 0) is 38.3 Å². The Hall–Kier alpha value is -1.71. The van der Waals surface area contributed by atoms with Gasteiger partial charge in [0.1, 0.15) is 5.78 Å². The molecule has 0 aromatic rings. The van der Waals surface area contributed by atoms with Gasteiger partial charge in [0.2, 0.25) is 0 Å². The fourth-order valence-corrected chi connectivity index (χ4v) is 3.11. The number of ketones is 1. The lowest BCUT2D eigenvalue weighted by atomic mass is 9.79. The first kappa shape index (κ1) is 14.7. The van der Waals surface area contributed by atoms with E-state index in [9.17, 15) is 9.59 Å². The van der Waals surface area contributed by atoms with Crippen LogP contribution in [0.15, 0.2) is 23.3 Å². The quantitative estimate of drug-likeness (QED) is 0.826. The van der Waals surface area contributed by atoms with Gasteiger partial charge in [0.05, 0.1) is 0 Å². The van der Waals surface area contributed by atoms with Crippen molar-refractivity contribution in [3.63, 3.8) is 0 Å². The van der Waals surface area contributed by atoms with Crippen LogP contribution in [-0.2, 0) is 9.59 Å². The topological polar surface area (TPSA) is 70.0 Å². The molecule has 2 N–H and O–H groups in total. The third-order valence-electron chi connectivity index (χ3n) is 4.18. The van der Waals surface area contributed by atoms with E-state index in [0.717, 1.165) is 24.8 Å². The highest BCUT2D eigenvalue weighted by Gasteiger charge is 2.31. The molecule has 2 atom stereocenters. The van der Waals surface area contributed by atoms with E-state index in [1.165, 1.54) is 0 Å². The third-order valence-corrected chi connectivity index (χ3v) is 4.18. The molecule has 2 unspecified atom stereocenters. The first-order valence-corrected chi connectivity index (χ1v) is 7.31. The minimum absolute atomic E-state index is 0.0295. The van der Waals surface area contributed by atoms with Crippen LogP contribution in [0.1, 0.15) is 39.5 Å². The maximum Gasteiger partial charge on any atom is 0.251 e. The predicted molar refractivity (Wildman–Crippen MR) is 78.7 cm³/mol. The van der Waals surface area contributed by atoms with Crippen LogP contribution < -0.4 is 5.32 Å². The summed E-state index contributed by atoms with van der Waals surface area (Å²) in [6, 6.07) is 0. The number of allylic oxidation sites excluding steroid dienone is 1. The van der Waals surface area contributed by atoms with E-state index in [2.05, 4.69) is 12.2 Å². The Labute approximate surface area is 119 Å². The highest BCUT2D eigenvalue weighted by Crippen LogP contribution is 2.32. The third kappa shape index (κ3) is 3.06. The highest BCUT2D eigenvalue weighted by atomic mass is 16.1. The number of rotatable bonds is 4. The molecular weight excluding hydrogens is 252 g/mol. The summed E-state index contributed by atoms with van der Waals surface area (Å²) in [4.78, 5) is 24.0. The second-order valence-corrected chi connectivity index (χ2v) is 5.67. The molecule has 0 saturated carbocycles. The second-order valence-electron chi connectivity index (χ2n) is 5.67. The van der Waals surface area contributed by atoms with Crippen LogP contribution in [0.25, 0.3) is 0 Å². The normalized spacial score (nSPS) is 24.0. The molecule has 0 aromatic carbocycles. The van der Waals surface area contributed by atoms with E-state index in [0.29, 0.717) is 24.3 Å². The number of amides is 1. The van der Waals surface area contributed by atoms with Crippen molar-refractivity contribution in [2.45, 2.75) is 39.5 Å². The van der Waals surface area contributed by atoms with Gasteiger partial charge in [-0.1, -0.05) is 18.9 Å². The molecule has 1 amide bonds. The fraction of sp³-hybridized carbons (Fsp3) is 0.562. The van der Waals surface area contributed by atoms with Gasteiger partial charge >= 0.3 is 0 Å². The van der Waals surface area contributed by atoms with Crippen molar-refractivity contribution < 1.29 is 9.59 Å². The molecule has 0 fully saturated rings. The van der Waals surface area contributed by atoms with Gasteiger partial charge in [0.25, 0.3) is 5.91 Å². The Kier molecular flexibility index (Phi) is 4.53. The summed E-state index contributed by atoms with van der Waals surface area (Å²) < 4.78 is 0. The van der Waals surface area contributed by atoms with Crippen molar-refractivity contribution in [3.8, 4) is 0 Å². The minimum Gasteiger partial charge on any atom is -0.351 e. The molecule has 0 saturated heterocycles. The van der Waals surface area contributed by atoms with Crippen molar-refractivity contribution in [1.29, 1.82) is 5.41 Å². The first-order chi connectivity index (χ1) is 9.52. The molecule has 1 heterocycles. The standard InChI is InChI=1S/C16H22N2O2/c1-3-4-14(10(2)19)15-9-18-16(20)12-7-11(15)5-6-13(17)8-12/h7-8,14-15,17H,3-6,9H2,1-2H3,(H,18,20). The molecule has 0 radical (unpaired) electrons. The molecule has 1 aliphatic heterocycles. The summed E-state index contributed by atoms with van der Waals surface area (Å²) in [6.45, 7) is 4.25. The van der Waals surface area contributed by atoms with Crippen LogP contribution in [0.4, 0.5) is 0 Å². The average Bonchev–Trinajstić information content (AvgIpc) is 2.67. The lowest BCUT2D eigenvalue weighted by Gasteiger charge is -2.26. The molecule has 20 heavy (non-hydrogen) atoms. The van der Waals surface area contributed by atoms with Gasteiger partial charge in [-0.2, -0.15) is 0 Å². The molecule has 2 bridgehead atoms. The van der Waals surface area contributed by atoms with Crippen molar-refractivity contribution in [2.24, 2.45) is 11.8 Å². The Morgan fingerprint density at radius 3 is 2.85 bits per heavy atom.